The number of benzene rings is 2. The zero-order valence-electron chi connectivity index (χ0n) is 15.4. The Bertz CT molecular complexity index is 781. The summed E-state index contributed by atoms with van der Waals surface area (Å²) in [7, 11) is 1.56. The second-order valence-electron chi connectivity index (χ2n) is 6.60. The number of hydrogen-bond acceptors (Lipinski definition) is 3. The number of carbonyl (C=O) groups is 1. The summed E-state index contributed by atoms with van der Waals surface area (Å²) in [4.78, 5) is 16.7. The fraction of sp³-hybridized carbons (Fsp3) is 0.350. The summed E-state index contributed by atoms with van der Waals surface area (Å²) in [6.45, 7) is 7.23. The Morgan fingerprint density at radius 2 is 1.69 bits per heavy atom. The van der Waals surface area contributed by atoms with Gasteiger partial charge in [-0.15, -0.1) is 0 Å². The first kappa shape index (κ1) is 18.4. The van der Waals surface area contributed by atoms with E-state index in [4.69, 9.17) is 16.3 Å². The topological polar surface area (TPSA) is 44.8 Å². The van der Waals surface area contributed by atoms with Gasteiger partial charge >= 0.3 is 6.03 Å². The molecule has 1 N–H and O–H groups in total. The van der Waals surface area contributed by atoms with E-state index >= 15 is 0 Å². The summed E-state index contributed by atoms with van der Waals surface area (Å²) in [6.07, 6.45) is 0. The maximum Gasteiger partial charge on any atom is 0.321 e. The minimum Gasteiger partial charge on any atom is -0.495 e. The SMILES string of the molecule is COc1ccc(NC(=O)N2CCN(c3cc(C)cc(C)c3)CC2)cc1Cl. The van der Waals surface area contributed by atoms with Gasteiger partial charge in [0.1, 0.15) is 5.75 Å². The molecule has 0 aliphatic carbocycles. The zero-order chi connectivity index (χ0) is 18.7. The standard InChI is InChI=1S/C20H24ClN3O2/c1-14-10-15(2)12-17(11-14)23-6-8-24(9-7-23)20(25)22-16-4-5-19(26-3)18(21)13-16/h4-5,10-13H,6-9H2,1-3H3,(H,22,25). The summed E-state index contributed by atoms with van der Waals surface area (Å²) in [5.41, 5.74) is 4.41. The molecule has 0 spiro atoms. The number of urea groups is 1. The van der Waals surface area contributed by atoms with Crippen LogP contribution in [0.1, 0.15) is 11.1 Å². The molecule has 1 saturated heterocycles. The van der Waals surface area contributed by atoms with Crippen molar-refractivity contribution < 1.29 is 9.53 Å². The Morgan fingerprint density at radius 1 is 1.04 bits per heavy atom. The van der Waals surface area contributed by atoms with Crippen molar-refractivity contribution in [1.82, 2.24) is 4.90 Å². The molecule has 1 heterocycles. The van der Waals surface area contributed by atoms with Crippen LogP contribution in [0.15, 0.2) is 36.4 Å². The summed E-state index contributed by atoms with van der Waals surface area (Å²) in [5.74, 6) is 0.590. The first-order valence-electron chi connectivity index (χ1n) is 8.69. The number of amides is 2. The van der Waals surface area contributed by atoms with Crippen LogP contribution in [0.2, 0.25) is 5.02 Å². The van der Waals surface area contributed by atoms with Gasteiger partial charge in [-0.25, -0.2) is 4.79 Å². The maximum absolute atomic E-state index is 12.5. The van der Waals surface area contributed by atoms with Crippen molar-refractivity contribution in [3.63, 3.8) is 0 Å². The smallest absolute Gasteiger partial charge is 0.321 e. The van der Waals surface area contributed by atoms with Gasteiger partial charge in [0.25, 0.3) is 0 Å². The summed E-state index contributed by atoms with van der Waals surface area (Å²) >= 11 is 6.11. The second kappa shape index (κ2) is 7.87. The van der Waals surface area contributed by atoms with Crippen molar-refractivity contribution in [2.24, 2.45) is 0 Å². The van der Waals surface area contributed by atoms with E-state index in [1.807, 2.05) is 4.90 Å². The number of carbonyl (C=O) groups excluding carboxylic acids is 1. The molecule has 0 radical (unpaired) electrons. The van der Waals surface area contributed by atoms with Crippen molar-refractivity contribution in [2.45, 2.75) is 13.8 Å². The average Bonchev–Trinajstić information content (AvgIpc) is 2.61. The average molecular weight is 374 g/mol. The highest BCUT2D eigenvalue weighted by atomic mass is 35.5. The molecule has 3 rings (SSSR count). The van der Waals surface area contributed by atoms with Crippen LogP contribution in [0.5, 0.6) is 5.75 Å². The van der Waals surface area contributed by atoms with Crippen molar-refractivity contribution >= 4 is 29.0 Å². The molecule has 0 aromatic heterocycles. The summed E-state index contributed by atoms with van der Waals surface area (Å²) < 4.78 is 5.13. The molecule has 0 atom stereocenters. The number of piperazine rings is 1. The Balaban J connectivity index is 1.59. The van der Waals surface area contributed by atoms with Crippen LogP contribution in [0, 0.1) is 13.8 Å². The predicted octanol–water partition coefficient (Wildman–Crippen LogP) is 4.32. The molecular formula is C20H24ClN3O2. The molecule has 6 heteroatoms. The number of hydrogen-bond donors (Lipinski definition) is 1. The van der Waals surface area contributed by atoms with E-state index in [1.165, 1.54) is 16.8 Å². The van der Waals surface area contributed by atoms with Crippen LogP contribution in [-0.2, 0) is 0 Å². The first-order valence-corrected chi connectivity index (χ1v) is 9.07. The van der Waals surface area contributed by atoms with Gasteiger partial charge in [-0.3, -0.25) is 0 Å². The van der Waals surface area contributed by atoms with Gasteiger partial charge in [0, 0.05) is 37.6 Å². The van der Waals surface area contributed by atoms with Gasteiger partial charge in [0.2, 0.25) is 0 Å². The lowest BCUT2D eigenvalue weighted by atomic mass is 10.1. The van der Waals surface area contributed by atoms with Gasteiger partial charge in [0.15, 0.2) is 0 Å². The first-order chi connectivity index (χ1) is 12.5. The van der Waals surface area contributed by atoms with Crippen molar-refractivity contribution in [1.29, 1.82) is 0 Å². The lowest BCUT2D eigenvalue weighted by Gasteiger charge is -2.36. The second-order valence-corrected chi connectivity index (χ2v) is 7.01. The number of nitrogens with one attached hydrogen (secondary N) is 1. The quantitative estimate of drug-likeness (QED) is 0.871. The summed E-state index contributed by atoms with van der Waals surface area (Å²) in [6, 6.07) is 11.7. The molecule has 26 heavy (non-hydrogen) atoms. The van der Waals surface area contributed by atoms with Gasteiger partial charge < -0.3 is 19.9 Å². The molecule has 1 aliphatic rings. The number of methoxy groups -OCH3 is 1. The minimum atomic E-state index is -0.105. The highest BCUT2D eigenvalue weighted by molar-refractivity contribution is 6.32. The van der Waals surface area contributed by atoms with E-state index in [0.29, 0.717) is 29.5 Å². The highest BCUT2D eigenvalue weighted by Gasteiger charge is 2.21. The lowest BCUT2D eigenvalue weighted by molar-refractivity contribution is 0.208. The Labute approximate surface area is 159 Å². The van der Waals surface area contributed by atoms with Crippen molar-refractivity contribution in [3.8, 4) is 5.75 Å². The number of halogens is 1. The Morgan fingerprint density at radius 3 is 2.27 bits per heavy atom. The molecule has 138 valence electrons. The number of aryl methyl sites for hydroxylation is 2. The van der Waals surface area contributed by atoms with Crippen molar-refractivity contribution in [3.05, 3.63) is 52.5 Å². The van der Waals surface area contributed by atoms with Crippen LogP contribution < -0.4 is 15.0 Å². The van der Waals surface area contributed by atoms with E-state index in [-0.39, 0.29) is 6.03 Å². The number of ether oxygens (including phenoxy) is 1. The van der Waals surface area contributed by atoms with Crippen LogP contribution >= 0.6 is 11.6 Å². The molecule has 2 aromatic rings. The van der Waals surface area contributed by atoms with Crippen LogP contribution in [0.3, 0.4) is 0 Å². The summed E-state index contributed by atoms with van der Waals surface area (Å²) in [5, 5.41) is 3.38. The lowest BCUT2D eigenvalue weighted by Crippen LogP contribution is -2.50. The molecule has 2 amide bonds. The number of anilines is 2. The maximum atomic E-state index is 12.5. The van der Waals surface area contributed by atoms with Gasteiger partial charge in [-0.05, 0) is 55.3 Å². The van der Waals surface area contributed by atoms with E-state index in [0.717, 1.165) is 13.1 Å². The minimum absolute atomic E-state index is 0.105. The number of rotatable bonds is 3. The Kier molecular flexibility index (Phi) is 5.57. The van der Waals surface area contributed by atoms with Crippen LogP contribution in [-0.4, -0.2) is 44.2 Å². The van der Waals surface area contributed by atoms with Gasteiger partial charge in [-0.2, -0.15) is 0 Å². The molecule has 2 aromatic carbocycles. The van der Waals surface area contributed by atoms with Crippen molar-refractivity contribution in [2.75, 3.05) is 43.5 Å². The third kappa shape index (κ3) is 4.22. The molecule has 0 unspecified atom stereocenters. The normalized spacial score (nSPS) is 14.3. The molecule has 1 fully saturated rings. The van der Waals surface area contributed by atoms with E-state index in [2.05, 4.69) is 42.3 Å². The van der Waals surface area contributed by atoms with E-state index in [1.54, 1.807) is 25.3 Å². The fourth-order valence-corrected chi connectivity index (χ4v) is 3.51. The van der Waals surface area contributed by atoms with Gasteiger partial charge in [-0.1, -0.05) is 17.7 Å². The zero-order valence-corrected chi connectivity index (χ0v) is 16.1. The monoisotopic (exact) mass is 373 g/mol. The fourth-order valence-electron chi connectivity index (χ4n) is 3.25. The highest BCUT2D eigenvalue weighted by Crippen LogP contribution is 2.27. The predicted molar refractivity (Wildman–Crippen MR) is 107 cm³/mol. The molecule has 0 bridgehead atoms. The third-order valence-electron chi connectivity index (χ3n) is 4.54. The Hall–Kier alpha value is -2.40. The van der Waals surface area contributed by atoms with Crippen LogP contribution in [0.25, 0.3) is 0 Å². The number of nitrogens with zero attached hydrogens (tertiary/aromatic N) is 2. The van der Waals surface area contributed by atoms with E-state index < -0.39 is 0 Å². The molecule has 1 aliphatic heterocycles. The van der Waals surface area contributed by atoms with E-state index in [9.17, 15) is 4.79 Å². The molecular weight excluding hydrogens is 350 g/mol. The molecule has 0 saturated carbocycles. The third-order valence-corrected chi connectivity index (χ3v) is 4.84. The largest absolute Gasteiger partial charge is 0.495 e. The molecule has 5 nitrogen and oxygen atoms in total. The van der Waals surface area contributed by atoms with Crippen LogP contribution in [0.4, 0.5) is 16.2 Å². The van der Waals surface area contributed by atoms with Gasteiger partial charge in [0.05, 0.1) is 12.1 Å².